The standard InChI is InChI=1S/C15H22N2O3/c1-10-5-13(19-3)14(20-4)6-11(10)8-16-12-7-15(18)17(2)9-12/h5-6,12,16H,7-9H2,1-4H3/t12-/m1/s1. The minimum absolute atomic E-state index is 0.200. The molecule has 1 saturated heterocycles. The maximum atomic E-state index is 11.5. The lowest BCUT2D eigenvalue weighted by atomic mass is 10.1. The Labute approximate surface area is 119 Å². The first-order valence-electron chi connectivity index (χ1n) is 6.74. The van der Waals surface area contributed by atoms with Crippen LogP contribution < -0.4 is 14.8 Å². The smallest absolute Gasteiger partial charge is 0.224 e. The summed E-state index contributed by atoms with van der Waals surface area (Å²) in [6.45, 7) is 3.54. The van der Waals surface area contributed by atoms with Crippen molar-refractivity contribution >= 4 is 5.91 Å². The zero-order valence-electron chi connectivity index (χ0n) is 12.5. The Morgan fingerprint density at radius 2 is 1.95 bits per heavy atom. The first-order chi connectivity index (χ1) is 9.55. The number of carbonyl (C=O) groups is 1. The van der Waals surface area contributed by atoms with Crippen molar-refractivity contribution in [3.63, 3.8) is 0 Å². The van der Waals surface area contributed by atoms with Gasteiger partial charge in [0.15, 0.2) is 11.5 Å². The van der Waals surface area contributed by atoms with Crippen LogP contribution in [0.5, 0.6) is 11.5 Å². The van der Waals surface area contributed by atoms with Crippen molar-refractivity contribution in [3.05, 3.63) is 23.3 Å². The van der Waals surface area contributed by atoms with E-state index in [-0.39, 0.29) is 11.9 Å². The maximum absolute atomic E-state index is 11.5. The van der Waals surface area contributed by atoms with E-state index in [0.717, 1.165) is 35.7 Å². The lowest BCUT2D eigenvalue weighted by Crippen LogP contribution is -2.31. The highest BCUT2D eigenvalue weighted by Crippen LogP contribution is 2.30. The van der Waals surface area contributed by atoms with Crippen molar-refractivity contribution in [2.45, 2.75) is 25.9 Å². The summed E-state index contributed by atoms with van der Waals surface area (Å²) in [6.07, 6.45) is 0.572. The molecule has 0 spiro atoms. The third-order valence-electron chi connectivity index (χ3n) is 3.76. The minimum atomic E-state index is 0.200. The molecule has 2 rings (SSSR count). The van der Waals surface area contributed by atoms with Crippen molar-refractivity contribution in [1.29, 1.82) is 0 Å². The van der Waals surface area contributed by atoms with Gasteiger partial charge in [0.1, 0.15) is 0 Å². The summed E-state index contributed by atoms with van der Waals surface area (Å²) < 4.78 is 10.6. The molecule has 110 valence electrons. The summed E-state index contributed by atoms with van der Waals surface area (Å²) in [5.74, 6) is 1.67. The topological polar surface area (TPSA) is 50.8 Å². The van der Waals surface area contributed by atoms with Gasteiger partial charge in [-0.1, -0.05) is 0 Å². The van der Waals surface area contributed by atoms with Crippen LogP contribution in [0.15, 0.2) is 12.1 Å². The number of hydrogen-bond donors (Lipinski definition) is 1. The highest BCUT2D eigenvalue weighted by atomic mass is 16.5. The molecule has 0 aliphatic carbocycles. The summed E-state index contributed by atoms with van der Waals surface area (Å²) >= 11 is 0. The third-order valence-corrected chi connectivity index (χ3v) is 3.76. The average molecular weight is 278 g/mol. The first-order valence-corrected chi connectivity index (χ1v) is 6.74. The second kappa shape index (κ2) is 6.13. The zero-order chi connectivity index (χ0) is 14.7. The predicted molar refractivity (Wildman–Crippen MR) is 77.2 cm³/mol. The maximum Gasteiger partial charge on any atom is 0.224 e. The van der Waals surface area contributed by atoms with Gasteiger partial charge in [-0.05, 0) is 30.2 Å². The Hall–Kier alpha value is -1.75. The van der Waals surface area contributed by atoms with Crippen LogP contribution in [0, 0.1) is 6.92 Å². The summed E-state index contributed by atoms with van der Waals surface area (Å²) in [5, 5.41) is 3.43. The van der Waals surface area contributed by atoms with E-state index in [1.165, 1.54) is 0 Å². The molecule has 5 heteroatoms. The van der Waals surface area contributed by atoms with Gasteiger partial charge in [0.2, 0.25) is 5.91 Å². The van der Waals surface area contributed by atoms with Gasteiger partial charge in [0.05, 0.1) is 14.2 Å². The number of hydrogen-bond acceptors (Lipinski definition) is 4. The Balaban J connectivity index is 2.04. The van der Waals surface area contributed by atoms with E-state index in [1.54, 1.807) is 19.1 Å². The van der Waals surface area contributed by atoms with Gasteiger partial charge in [-0.3, -0.25) is 4.79 Å². The van der Waals surface area contributed by atoms with Gasteiger partial charge in [-0.2, -0.15) is 0 Å². The molecule has 1 heterocycles. The number of nitrogens with zero attached hydrogens (tertiary/aromatic N) is 1. The number of aryl methyl sites for hydroxylation is 1. The normalized spacial score (nSPS) is 18.5. The molecular formula is C15H22N2O3. The summed E-state index contributed by atoms with van der Waals surface area (Å²) in [4.78, 5) is 13.3. The van der Waals surface area contributed by atoms with Crippen molar-refractivity contribution in [3.8, 4) is 11.5 Å². The Kier molecular flexibility index (Phi) is 4.49. The molecule has 1 fully saturated rings. The van der Waals surface area contributed by atoms with Crippen LogP contribution >= 0.6 is 0 Å². The minimum Gasteiger partial charge on any atom is -0.493 e. The molecule has 0 aromatic heterocycles. The van der Waals surface area contributed by atoms with Crippen LogP contribution in [-0.4, -0.2) is 44.7 Å². The predicted octanol–water partition coefficient (Wildman–Crippen LogP) is 1.33. The van der Waals surface area contributed by atoms with Crippen LogP contribution in [0.2, 0.25) is 0 Å². The van der Waals surface area contributed by atoms with E-state index in [0.29, 0.717) is 6.42 Å². The molecule has 0 bridgehead atoms. The molecule has 1 amide bonds. The molecular weight excluding hydrogens is 256 g/mol. The molecule has 0 saturated carbocycles. The van der Waals surface area contributed by atoms with E-state index in [1.807, 2.05) is 26.1 Å². The summed E-state index contributed by atoms with van der Waals surface area (Å²) in [6, 6.07) is 4.18. The highest BCUT2D eigenvalue weighted by molar-refractivity contribution is 5.78. The molecule has 0 radical (unpaired) electrons. The van der Waals surface area contributed by atoms with Crippen molar-refractivity contribution in [1.82, 2.24) is 10.2 Å². The van der Waals surface area contributed by atoms with Crippen LogP contribution in [0.25, 0.3) is 0 Å². The van der Waals surface area contributed by atoms with E-state index in [9.17, 15) is 4.79 Å². The van der Waals surface area contributed by atoms with Gasteiger partial charge in [0, 0.05) is 32.6 Å². The number of likely N-dealkylation sites (N-methyl/N-ethyl adjacent to an activating group) is 1. The van der Waals surface area contributed by atoms with Crippen LogP contribution in [-0.2, 0) is 11.3 Å². The molecule has 20 heavy (non-hydrogen) atoms. The number of carbonyl (C=O) groups excluding carboxylic acids is 1. The summed E-state index contributed by atoms with van der Waals surface area (Å²) in [7, 11) is 5.11. The average Bonchev–Trinajstić information content (AvgIpc) is 2.76. The second-order valence-corrected chi connectivity index (χ2v) is 5.19. The Morgan fingerprint density at radius 3 is 2.50 bits per heavy atom. The second-order valence-electron chi connectivity index (χ2n) is 5.19. The largest absolute Gasteiger partial charge is 0.493 e. The molecule has 1 aromatic carbocycles. The molecule has 1 aromatic rings. The van der Waals surface area contributed by atoms with Crippen LogP contribution in [0.4, 0.5) is 0 Å². The van der Waals surface area contributed by atoms with E-state index in [2.05, 4.69) is 5.32 Å². The van der Waals surface area contributed by atoms with Crippen LogP contribution in [0.3, 0.4) is 0 Å². The number of nitrogens with one attached hydrogen (secondary N) is 1. The molecule has 1 atom stereocenters. The molecule has 0 unspecified atom stereocenters. The van der Waals surface area contributed by atoms with Crippen molar-refractivity contribution < 1.29 is 14.3 Å². The number of methoxy groups -OCH3 is 2. The lowest BCUT2D eigenvalue weighted by molar-refractivity contribution is -0.126. The number of rotatable bonds is 5. The highest BCUT2D eigenvalue weighted by Gasteiger charge is 2.26. The fraction of sp³-hybridized carbons (Fsp3) is 0.533. The van der Waals surface area contributed by atoms with E-state index in [4.69, 9.17) is 9.47 Å². The Morgan fingerprint density at radius 1 is 1.30 bits per heavy atom. The van der Waals surface area contributed by atoms with E-state index >= 15 is 0 Å². The Bertz CT molecular complexity index is 502. The van der Waals surface area contributed by atoms with Crippen molar-refractivity contribution in [2.75, 3.05) is 27.8 Å². The van der Waals surface area contributed by atoms with Gasteiger partial charge < -0.3 is 19.7 Å². The zero-order valence-corrected chi connectivity index (χ0v) is 12.5. The SMILES string of the molecule is COc1cc(C)c(CN[C@@H]2CC(=O)N(C)C2)cc1OC. The van der Waals surface area contributed by atoms with Gasteiger partial charge >= 0.3 is 0 Å². The lowest BCUT2D eigenvalue weighted by Gasteiger charge is -2.16. The third kappa shape index (κ3) is 3.04. The van der Waals surface area contributed by atoms with Gasteiger partial charge in [-0.25, -0.2) is 0 Å². The first kappa shape index (κ1) is 14.7. The fourth-order valence-electron chi connectivity index (χ4n) is 2.47. The number of amides is 1. The van der Waals surface area contributed by atoms with Crippen LogP contribution in [0.1, 0.15) is 17.5 Å². The molecule has 1 aliphatic heterocycles. The van der Waals surface area contributed by atoms with E-state index < -0.39 is 0 Å². The molecule has 1 aliphatic rings. The number of likely N-dealkylation sites (tertiary alicyclic amines) is 1. The fourth-order valence-corrected chi connectivity index (χ4v) is 2.47. The molecule has 5 nitrogen and oxygen atoms in total. The van der Waals surface area contributed by atoms with Gasteiger partial charge in [-0.15, -0.1) is 0 Å². The number of ether oxygens (including phenoxy) is 2. The molecule has 1 N–H and O–H groups in total. The monoisotopic (exact) mass is 278 g/mol. The quantitative estimate of drug-likeness (QED) is 0.883. The van der Waals surface area contributed by atoms with Crippen molar-refractivity contribution in [2.24, 2.45) is 0 Å². The van der Waals surface area contributed by atoms with Gasteiger partial charge in [0.25, 0.3) is 0 Å². The summed E-state index contributed by atoms with van der Waals surface area (Å²) in [5.41, 5.74) is 2.30. The number of benzene rings is 1.